The maximum atomic E-state index is 12.9. The molecule has 0 aliphatic carbocycles. The molecule has 2 saturated heterocycles. The zero-order valence-electron chi connectivity index (χ0n) is 20.4. The lowest BCUT2D eigenvalue weighted by Crippen LogP contribution is -2.57. The number of ether oxygens (including phenoxy) is 1. The van der Waals surface area contributed by atoms with E-state index in [1.165, 1.54) is 11.1 Å². The predicted molar refractivity (Wildman–Crippen MR) is 131 cm³/mol. The van der Waals surface area contributed by atoms with Gasteiger partial charge in [0.05, 0.1) is 6.61 Å². The van der Waals surface area contributed by atoms with Crippen LogP contribution in [0.5, 0.6) is 0 Å². The summed E-state index contributed by atoms with van der Waals surface area (Å²) < 4.78 is 5.17. The molecule has 4 rings (SSSR count). The highest BCUT2D eigenvalue weighted by Gasteiger charge is 2.44. The fourth-order valence-electron chi connectivity index (χ4n) is 5.89. The Morgan fingerprint density at radius 1 is 1.09 bits per heavy atom. The molecule has 1 aromatic carbocycles. The van der Waals surface area contributed by atoms with Crippen LogP contribution in [0.3, 0.4) is 0 Å². The van der Waals surface area contributed by atoms with E-state index in [9.17, 15) is 9.59 Å². The SMILES string of the molecule is CCCCNC(=O)N1Cc2ccccc2C2(CCN(C3CCN(C(=O)OCC)CC3)CC2)C1.[HH]. The summed E-state index contributed by atoms with van der Waals surface area (Å²) in [6, 6.07) is 9.33. The lowest BCUT2D eigenvalue weighted by atomic mass is 9.68. The number of rotatable bonds is 5. The molecule has 0 radical (unpaired) electrons. The quantitative estimate of drug-likeness (QED) is 0.671. The van der Waals surface area contributed by atoms with Crippen molar-refractivity contribution in [3.05, 3.63) is 35.4 Å². The van der Waals surface area contributed by atoms with Gasteiger partial charge in [-0.25, -0.2) is 9.59 Å². The molecule has 2 fully saturated rings. The van der Waals surface area contributed by atoms with Crippen LogP contribution in [0.1, 0.15) is 64.9 Å². The molecule has 3 amide bonds. The molecule has 1 spiro atoms. The van der Waals surface area contributed by atoms with Crippen LogP contribution in [0, 0.1) is 0 Å². The van der Waals surface area contributed by atoms with Crippen molar-refractivity contribution in [3.63, 3.8) is 0 Å². The largest absolute Gasteiger partial charge is 0.450 e. The molecule has 3 aliphatic heterocycles. The third-order valence-corrected chi connectivity index (χ3v) is 7.80. The second-order valence-electron chi connectivity index (χ2n) is 9.83. The first-order valence-corrected chi connectivity index (χ1v) is 12.8. The highest BCUT2D eigenvalue weighted by Crippen LogP contribution is 2.42. The van der Waals surface area contributed by atoms with Gasteiger partial charge in [0.2, 0.25) is 0 Å². The van der Waals surface area contributed by atoms with E-state index >= 15 is 0 Å². The van der Waals surface area contributed by atoms with E-state index in [0.29, 0.717) is 19.2 Å². The van der Waals surface area contributed by atoms with Crippen LogP contribution in [0.4, 0.5) is 9.59 Å². The number of nitrogens with zero attached hydrogens (tertiary/aromatic N) is 3. The minimum atomic E-state index is -0.176. The molecule has 3 heterocycles. The van der Waals surface area contributed by atoms with E-state index in [2.05, 4.69) is 41.4 Å². The molecular formula is C26H42N4O3. The van der Waals surface area contributed by atoms with Crippen molar-refractivity contribution in [1.29, 1.82) is 0 Å². The van der Waals surface area contributed by atoms with Crippen molar-refractivity contribution < 1.29 is 15.8 Å². The summed E-state index contributed by atoms with van der Waals surface area (Å²) in [4.78, 5) is 31.4. The summed E-state index contributed by atoms with van der Waals surface area (Å²) in [5.74, 6) is 0. The highest BCUT2D eigenvalue weighted by atomic mass is 16.6. The van der Waals surface area contributed by atoms with Crippen LogP contribution < -0.4 is 5.32 Å². The average molecular weight is 459 g/mol. The number of amides is 3. The van der Waals surface area contributed by atoms with Crippen molar-refractivity contribution in [2.45, 2.75) is 70.4 Å². The summed E-state index contributed by atoms with van der Waals surface area (Å²) in [7, 11) is 0. The minimum absolute atomic E-state index is 0. The molecule has 0 atom stereocenters. The van der Waals surface area contributed by atoms with E-state index in [1.54, 1.807) is 0 Å². The standard InChI is InChI=1S/C26H40N4O3.H2/c1-3-5-14-27-24(31)30-19-21-8-6-7-9-23(21)26(20-30)12-17-28(18-13-26)22-10-15-29(16-11-22)25(32)33-4-2;/h6-9,22H,3-5,10-20H2,1-2H3,(H,27,31);1H. The average Bonchev–Trinajstić information content (AvgIpc) is 2.85. The summed E-state index contributed by atoms with van der Waals surface area (Å²) in [6.45, 7) is 10.3. The Labute approximate surface area is 199 Å². The molecule has 0 aromatic heterocycles. The van der Waals surface area contributed by atoms with Crippen LogP contribution in [0.2, 0.25) is 0 Å². The van der Waals surface area contributed by atoms with E-state index in [1.807, 2.05) is 16.7 Å². The highest BCUT2D eigenvalue weighted by molar-refractivity contribution is 5.75. The Kier molecular flexibility index (Phi) is 7.78. The Morgan fingerprint density at radius 2 is 1.82 bits per heavy atom. The van der Waals surface area contributed by atoms with E-state index < -0.39 is 0 Å². The number of likely N-dealkylation sites (tertiary alicyclic amines) is 2. The summed E-state index contributed by atoms with van der Waals surface area (Å²) in [5.41, 5.74) is 2.78. The van der Waals surface area contributed by atoms with Crippen molar-refractivity contribution in [1.82, 2.24) is 20.0 Å². The van der Waals surface area contributed by atoms with Gasteiger partial charge in [-0.2, -0.15) is 0 Å². The van der Waals surface area contributed by atoms with Crippen molar-refractivity contribution in [2.24, 2.45) is 0 Å². The van der Waals surface area contributed by atoms with Gasteiger partial charge in [0.15, 0.2) is 0 Å². The monoisotopic (exact) mass is 458 g/mol. The maximum Gasteiger partial charge on any atom is 0.409 e. The molecule has 0 bridgehead atoms. The number of hydrogen-bond donors (Lipinski definition) is 1. The smallest absolute Gasteiger partial charge is 0.409 e. The molecule has 0 unspecified atom stereocenters. The lowest BCUT2D eigenvalue weighted by molar-refractivity contribution is 0.0471. The van der Waals surface area contributed by atoms with Gasteiger partial charge in [0, 0.05) is 45.6 Å². The minimum Gasteiger partial charge on any atom is -0.450 e. The van der Waals surface area contributed by atoms with Crippen LogP contribution in [0.25, 0.3) is 0 Å². The van der Waals surface area contributed by atoms with Crippen LogP contribution in [0.15, 0.2) is 24.3 Å². The van der Waals surface area contributed by atoms with Crippen LogP contribution in [-0.2, 0) is 16.7 Å². The van der Waals surface area contributed by atoms with Gasteiger partial charge in [-0.1, -0.05) is 37.6 Å². The van der Waals surface area contributed by atoms with Crippen molar-refractivity contribution in [3.8, 4) is 0 Å². The maximum absolute atomic E-state index is 12.9. The first-order chi connectivity index (χ1) is 16.1. The van der Waals surface area contributed by atoms with Crippen molar-refractivity contribution >= 4 is 12.1 Å². The fourth-order valence-corrected chi connectivity index (χ4v) is 5.89. The Bertz CT molecular complexity index is 820. The number of hydrogen-bond acceptors (Lipinski definition) is 4. The first-order valence-electron chi connectivity index (χ1n) is 12.8. The molecule has 7 heteroatoms. The summed E-state index contributed by atoms with van der Waals surface area (Å²) >= 11 is 0. The van der Waals surface area contributed by atoms with E-state index in [-0.39, 0.29) is 19.0 Å². The fraction of sp³-hybridized carbons (Fsp3) is 0.692. The summed E-state index contributed by atoms with van der Waals surface area (Å²) in [6.07, 6.45) is 6.08. The van der Waals surface area contributed by atoms with Crippen LogP contribution >= 0.6 is 0 Å². The van der Waals surface area contributed by atoms with Gasteiger partial charge >= 0.3 is 12.1 Å². The topological polar surface area (TPSA) is 65.1 Å². The van der Waals surface area contributed by atoms with Crippen molar-refractivity contribution in [2.75, 3.05) is 45.9 Å². The second-order valence-corrected chi connectivity index (χ2v) is 9.83. The number of unbranched alkanes of at least 4 members (excludes halogenated alkanes) is 1. The van der Waals surface area contributed by atoms with Gasteiger partial charge in [-0.3, -0.25) is 0 Å². The van der Waals surface area contributed by atoms with Gasteiger partial charge in [0.1, 0.15) is 0 Å². The zero-order chi connectivity index (χ0) is 23.3. The van der Waals surface area contributed by atoms with Gasteiger partial charge in [-0.15, -0.1) is 0 Å². The predicted octanol–water partition coefficient (Wildman–Crippen LogP) is 4.21. The van der Waals surface area contributed by atoms with E-state index in [4.69, 9.17) is 4.74 Å². The number of carbonyl (C=O) groups is 2. The third-order valence-electron chi connectivity index (χ3n) is 7.80. The molecule has 33 heavy (non-hydrogen) atoms. The Morgan fingerprint density at radius 3 is 2.52 bits per heavy atom. The Balaban J connectivity index is 0.00000324. The number of piperidine rings is 2. The number of carbonyl (C=O) groups excluding carboxylic acids is 2. The Hall–Kier alpha value is -2.28. The molecule has 0 saturated carbocycles. The van der Waals surface area contributed by atoms with E-state index in [0.717, 1.165) is 77.8 Å². The molecule has 1 N–H and O–H groups in total. The molecule has 7 nitrogen and oxygen atoms in total. The van der Waals surface area contributed by atoms with Gasteiger partial charge < -0.3 is 24.8 Å². The molecule has 1 aromatic rings. The first kappa shape index (κ1) is 23.9. The van der Waals surface area contributed by atoms with Gasteiger partial charge in [0.25, 0.3) is 0 Å². The number of benzene rings is 1. The molecule has 184 valence electrons. The normalized spacial score (nSPS) is 21.0. The molecular weight excluding hydrogens is 416 g/mol. The lowest BCUT2D eigenvalue weighted by Gasteiger charge is -2.50. The third kappa shape index (κ3) is 5.29. The number of fused-ring (bicyclic) bond motifs is 2. The van der Waals surface area contributed by atoms with Gasteiger partial charge in [-0.05, 0) is 63.2 Å². The summed E-state index contributed by atoms with van der Waals surface area (Å²) in [5, 5.41) is 3.12. The second kappa shape index (κ2) is 10.8. The zero-order valence-corrected chi connectivity index (χ0v) is 20.4. The molecule has 3 aliphatic rings. The number of nitrogens with one attached hydrogen (secondary N) is 1. The van der Waals surface area contributed by atoms with Crippen LogP contribution in [-0.4, -0.2) is 78.7 Å². The number of urea groups is 1.